The highest BCUT2D eigenvalue weighted by Crippen LogP contribution is 2.47. The van der Waals surface area contributed by atoms with Gasteiger partial charge in [-0.05, 0) is 25.0 Å². The summed E-state index contributed by atoms with van der Waals surface area (Å²) in [6, 6.07) is 9.56. The minimum Gasteiger partial charge on any atom is -0.381 e. The van der Waals surface area contributed by atoms with Gasteiger partial charge in [0, 0.05) is 38.3 Å². The maximum Gasteiger partial charge on any atom is 0.403 e. The molecule has 0 saturated carbocycles. The monoisotopic (exact) mass is 379 g/mol. The van der Waals surface area contributed by atoms with Crippen LogP contribution in [0.5, 0.6) is 0 Å². The van der Waals surface area contributed by atoms with Gasteiger partial charge in [0.25, 0.3) is 0 Å². The molecular formula is C19H20F3N3O2. The van der Waals surface area contributed by atoms with Crippen molar-refractivity contribution in [2.75, 3.05) is 19.8 Å². The lowest BCUT2D eigenvalue weighted by atomic mass is 9.77. The molecule has 0 N–H and O–H groups in total. The predicted molar refractivity (Wildman–Crippen MR) is 91.2 cm³/mol. The summed E-state index contributed by atoms with van der Waals surface area (Å²) in [5.41, 5.74) is 0.300. The molecule has 1 saturated heterocycles. The highest BCUT2D eigenvalue weighted by molar-refractivity contribution is 5.84. The van der Waals surface area contributed by atoms with Crippen LogP contribution in [0.4, 0.5) is 13.2 Å². The van der Waals surface area contributed by atoms with Gasteiger partial charge in [-0.2, -0.15) is 18.3 Å². The molecule has 0 aliphatic carbocycles. The van der Waals surface area contributed by atoms with Crippen LogP contribution < -0.4 is 0 Å². The number of carbonyl (C=O) groups excluding carboxylic acids is 1. The van der Waals surface area contributed by atoms with E-state index in [1.165, 1.54) is 4.90 Å². The van der Waals surface area contributed by atoms with Crippen molar-refractivity contribution >= 4 is 5.91 Å². The lowest BCUT2D eigenvalue weighted by Crippen LogP contribution is -2.55. The van der Waals surface area contributed by atoms with Crippen LogP contribution in [0.25, 0.3) is 5.69 Å². The van der Waals surface area contributed by atoms with Crippen molar-refractivity contribution in [2.45, 2.75) is 32.0 Å². The maximum absolute atomic E-state index is 13.8. The molecule has 2 aliphatic heterocycles. The van der Waals surface area contributed by atoms with Crippen molar-refractivity contribution in [3.63, 3.8) is 0 Å². The summed E-state index contributed by atoms with van der Waals surface area (Å²) in [6.45, 7) is 0.315. The number of rotatable bonds is 2. The SMILES string of the molecule is O=C(N1CCc2c(cnn2-c2ccccc2)C1)C1(C(F)(F)F)CCOCC1. The molecule has 2 aromatic rings. The van der Waals surface area contributed by atoms with Crippen molar-refractivity contribution < 1.29 is 22.7 Å². The number of carbonyl (C=O) groups is 1. The average molecular weight is 379 g/mol. The summed E-state index contributed by atoms with van der Waals surface area (Å²) in [6.07, 6.45) is -3.10. The first-order chi connectivity index (χ1) is 12.9. The van der Waals surface area contributed by atoms with Gasteiger partial charge in [0.05, 0.1) is 17.6 Å². The molecule has 5 nitrogen and oxygen atoms in total. The van der Waals surface area contributed by atoms with Crippen LogP contribution in [0, 0.1) is 5.41 Å². The Labute approximate surface area is 154 Å². The van der Waals surface area contributed by atoms with Crippen molar-refractivity contribution in [3.8, 4) is 5.69 Å². The van der Waals surface area contributed by atoms with Gasteiger partial charge in [0.2, 0.25) is 5.91 Å². The Morgan fingerprint density at radius 1 is 1.15 bits per heavy atom. The number of ether oxygens (including phenoxy) is 1. The van der Waals surface area contributed by atoms with Gasteiger partial charge < -0.3 is 9.64 Å². The van der Waals surface area contributed by atoms with Crippen molar-refractivity contribution in [2.24, 2.45) is 5.41 Å². The summed E-state index contributed by atoms with van der Waals surface area (Å²) in [7, 11) is 0. The third kappa shape index (κ3) is 3.01. The zero-order valence-electron chi connectivity index (χ0n) is 14.7. The fraction of sp³-hybridized carbons (Fsp3) is 0.474. The molecule has 1 fully saturated rings. The third-order valence-corrected chi connectivity index (χ3v) is 5.52. The van der Waals surface area contributed by atoms with Crippen molar-refractivity contribution in [1.29, 1.82) is 0 Å². The Hall–Kier alpha value is -2.35. The van der Waals surface area contributed by atoms with Crippen LogP contribution in [0.3, 0.4) is 0 Å². The first kappa shape index (κ1) is 18.0. The topological polar surface area (TPSA) is 47.4 Å². The van der Waals surface area contributed by atoms with Gasteiger partial charge in [-0.1, -0.05) is 18.2 Å². The van der Waals surface area contributed by atoms with Crippen LogP contribution in [0.15, 0.2) is 36.5 Å². The number of fused-ring (bicyclic) bond motifs is 1. The molecule has 27 heavy (non-hydrogen) atoms. The molecule has 0 atom stereocenters. The minimum atomic E-state index is -4.58. The zero-order chi connectivity index (χ0) is 19.1. The highest BCUT2D eigenvalue weighted by atomic mass is 19.4. The fourth-order valence-corrected chi connectivity index (χ4v) is 3.94. The van der Waals surface area contributed by atoms with Gasteiger partial charge in [0.15, 0.2) is 0 Å². The summed E-state index contributed by atoms with van der Waals surface area (Å²) < 4.78 is 48.3. The third-order valence-electron chi connectivity index (χ3n) is 5.52. The van der Waals surface area contributed by atoms with E-state index in [2.05, 4.69) is 5.10 Å². The molecule has 1 amide bonds. The second-order valence-electron chi connectivity index (χ2n) is 7.03. The maximum atomic E-state index is 13.8. The van der Waals surface area contributed by atoms with E-state index < -0.39 is 17.5 Å². The van der Waals surface area contributed by atoms with Gasteiger partial charge in [-0.15, -0.1) is 0 Å². The standard InChI is InChI=1S/C19H20F3N3O2/c20-19(21,22)18(7-10-27-11-8-18)17(26)24-9-6-16-14(13-24)12-23-25(16)15-4-2-1-3-5-15/h1-5,12H,6-11,13H2. The molecule has 0 radical (unpaired) electrons. The van der Waals surface area contributed by atoms with Crippen LogP contribution in [-0.4, -0.2) is 46.5 Å². The average Bonchev–Trinajstić information content (AvgIpc) is 3.11. The normalized spacial score (nSPS) is 19.6. The van der Waals surface area contributed by atoms with Gasteiger partial charge >= 0.3 is 6.18 Å². The van der Waals surface area contributed by atoms with Crippen molar-refractivity contribution in [3.05, 3.63) is 47.8 Å². The van der Waals surface area contributed by atoms with Gasteiger partial charge in [0.1, 0.15) is 5.41 Å². The predicted octanol–water partition coefficient (Wildman–Crippen LogP) is 3.12. The smallest absolute Gasteiger partial charge is 0.381 e. The molecule has 3 heterocycles. The Morgan fingerprint density at radius 2 is 1.85 bits per heavy atom. The van der Waals surface area contributed by atoms with Crippen molar-refractivity contribution in [1.82, 2.24) is 14.7 Å². The summed E-state index contributed by atoms with van der Waals surface area (Å²) in [4.78, 5) is 14.3. The molecule has 0 unspecified atom stereocenters. The van der Waals surface area contributed by atoms with E-state index in [4.69, 9.17) is 4.74 Å². The van der Waals surface area contributed by atoms with Crippen LogP contribution in [0.2, 0.25) is 0 Å². The van der Waals surface area contributed by atoms with E-state index in [0.717, 1.165) is 16.9 Å². The molecule has 2 aliphatic rings. The molecule has 8 heteroatoms. The molecule has 0 bridgehead atoms. The Morgan fingerprint density at radius 3 is 2.52 bits per heavy atom. The molecule has 0 spiro atoms. The number of benzene rings is 1. The van der Waals surface area contributed by atoms with E-state index in [0.29, 0.717) is 6.42 Å². The quantitative estimate of drug-likeness (QED) is 0.806. The number of hydrogen-bond donors (Lipinski definition) is 0. The van der Waals surface area contributed by atoms with Gasteiger partial charge in [-0.25, -0.2) is 4.68 Å². The van der Waals surface area contributed by atoms with E-state index in [1.807, 2.05) is 30.3 Å². The minimum absolute atomic E-state index is 0.0454. The fourth-order valence-electron chi connectivity index (χ4n) is 3.94. The van der Waals surface area contributed by atoms with E-state index in [-0.39, 0.29) is 39.1 Å². The number of hydrogen-bond acceptors (Lipinski definition) is 3. The number of para-hydroxylation sites is 1. The Balaban J connectivity index is 1.59. The zero-order valence-corrected chi connectivity index (χ0v) is 14.7. The van der Waals surface area contributed by atoms with Crippen LogP contribution >= 0.6 is 0 Å². The molecule has 144 valence electrons. The number of amides is 1. The highest BCUT2D eigenvalue weighted by Gasteiger charge is 2.61. The van der Waals surface area contributed by atoms with Crippen LogP contribution in [0.1, 0.15) is 24.1 Å². The molecule has 4 rings (SSSR count). The second-order valence-corrected chi connectivity index (χ2v) is 7.03. The summed E-state index contributed by atoms with van der Waals surface area (Å²) >= 11 is 0. The number of halogens is 3. The lowest BCUT2D eigenvalue weighted by Gasteiger charge is -2.41. The Bertz CT molecular complexity index is 826. The summed E-state index contributed by atoms with van der Waals surface area (Å²) in [5.74, 6) is -0.837. The molecule has 1 aromatic carbocycles. The summed E-state index contributed by atoms with van der Waals surface area (Å²) in [5, 5.41) is 4.38. The number of nitrogens with zero attached hydrogens (tertiary/aromatic N) is 3. The molecule has 1 aromatic heterocycles. The van der Waals surface area contributed by atoms with Crippen LogP contribution in [-0.2, 0) is 22.5 Å². The van der Waals surface area contributed by atoms with Gasteiger partial charge in [-0.3, -0.25) is 4.79 Å². The first-order valence-corrected chi connectivity index (χ1v) is 8.97. The van der Waals surface area contributed by atoms with E-state index in [1.54, 1.807) is 10.9 Å². The van der Waals surface area contributed by atoms with E-state index >= 15 is 0 Å². The number of alkyl halides is 3. The first-order valence-electron chi connectivity index (χ1n) is 8.97. The van der Waals surface area contributed by atoms with E-state index in [9.17, 15) is 18.0 Å². The lowest BCUT2D eigenvalue weighted by molar-refractivity contribution is -0.245. The number of aromatic nitrogens is 2. The Kier molecular flexibility index (Phi) is 4.46. The second kappa shape index (κ2) is 6.67. The molecular weight excluding hydrogens is 359 g/mol. The largest absolute Gasteiger partial charge is 0.403 e.